The van der Waals surface area contributed by atoms with Gasteiger partial charge in [0.15, 0.2) is 0 Å². The first-order valence-electron chi connectivity index (χ1n) is 6.97. The first-order chi connectivity index (χ1) is 9.99. The molecular weight excluding hydrogens is 350 g/mol. The van der Waals surface area contributed by atoms with E-state index >= 15 is 0 Å². The normalized spacial score (nSPS) is 12.2. The van der Waals surface area contributed by atoms with Gasteiger partial charge in [0.2, 0.25) is 0 Å². The van der Waals surface area contributed by atoms with Crippen LogP contribution in [0, 0.1) is 6.92 Å². The molecule has 21 heavy (non-hydrogen) atoms. The lowest BCUT2D eigenvalue weighted by Crippen LogP contribution is -2.21. The average Bonchev–Trinajstić information content (AvgIpc) is 2.44. The monoisotopic (exact) mass is 367 g/mol. The van der Waals surface area contributed by atoms with Gasteiger partial charge in [-0.3, -0.25) is 0 Å². The molecule has 0 aliphatic heterocycles. The molecule has 0 saturated heterocycles. The molecule has 0 aromatic heterocycles. The number of benzene rings is 2. The van der Waals surface area contributed by atoms with Crippen molar-refractivity contribution < 1.29 is 4.74 Å². The van der Waals surface area contributed by atoms with Crippen molar-refractivity contribution in [2.75, 3.05) is 0 Å². The van der Waals surface area contributed by atoms with Gasteiger partial charge in [-0.15, -0.1) is 0 Å². The summed E-state index contributed by atoms with van der Waals surface area (Å²) in [5.41, 5.74) is 8.19. The van der Waals surface area contributed by atoms with Crippen LogP contribution in [0.2, 0.25) is 5.02 Å². The molecule has 0 aliphatic carbocycles. The number of ether oxygens (including phenoxy) is 1. The Labute approximate surface area is 139 Å². The van der Waals surface area contributed by atoms with E-state index in [1.807, 2.05) is 37.3 Å². The molecule has 0 saturated carbocycles. The van der Waals surface area contributed by atoms with Crippen LogP contribution in [0.1, 0.15) is 24.5 Å². The molecule has 112 valence electrons. The van der Waals surface area contributed by atoms with E-state index in [0.717, 1.165) is 39.9 Å². The highest BCUT2D eigenvalue weighted by atomic mass is 79.9. The van der Waals surface area contributed by atoms with Crippen LogP contribution in [-0.2, 0) is 6.42 Å². The molecule has 2 aromatic carbocycles. The highest BCUT2D eigenvalue weighted by Crippen LogP contribution is 2.31. The van der Waals surface area contributed by atoms with E-state index in [9.17, 15) is 0 Å². The van der Waals surface area contributed by atoms with Crippen molar-refractivity contribution in [3.8, 4) is 11.5 Å². The van der Waals surface area contributed by atoms with Crippen LogP contribution >= 0.6 is 27.5 Å². The summed E-state index contributed by atoms with van der Waals surface area (Å²) < 4.78 is 7.09. The summed E-state index contributed by atoms with van der Waals surface area (Å²) in [5, 5.41) is 0.712. The summed E-state index contributed by atoms with van der Waals surface area (Å²) >= 11 is 9.49. The first-order valence-corrected chi connectivity index (χ1v) is 8.14. The number of rotatable bonds is 5. The SMILES string of the molecule is CCC(N)Cc1cc(Br)ccc1Oc1ccc(Cl)cc1C. The van der Waals surface area contributed by atoms with Gasteiger partial charge in [0.05, 0.1) is 0 Å². The lowest BCUT2D eigenvalue weighted by atomic mass is 10.0. The van der Waals surface area contributed by atoms with E-state index < -0.39 is 0 Å². The largest absolute Gasteiger partial charge is 0.457 e. The van der Waals surface area contributed by atoms with Gasteiger partial charge >= 0.3 is 0 Å². The maximum absolute atomic E-state index is 6.08. The maximum Gasteiger partial charge on any atom is 0.130 e. The Morgan fingerprint density at radius 2 is 1.90 bits per heavy atom. The number of aryl methyl sites for hydroxylation is 1. The minimum Gasteiger partial charge on any atom is -0.457 e. The first kappa shape index (κ1) is 16.3. The highest BCUT2D eigenvalue weighted by Gasteiger charge is 2.11. The van der Waals surface area contributed by atoms with E-state index in [1.54, 1.807) is 0 Å². The van der Waals surface area contributed by atoms with Gasteiger partial charge in [-0.2, -0.15) is 0 Å². The molecule has 2 aromatic rings. The van der Waals surface area contributed by atoms with Gasteiger partial charge in [-0.05, 0) is 67.3 Å². The van der Waals surface area contributed by atoms with Crippen LogP contribution in [0.5, 0.6) is 11.5 Å². The molecule has 0 bridgehead atoms. The van der Waals surface area contributed by atoms with Crippen molar-refractivity contribution >= 4 is 27.5 Å². The minimum absolute atomic E-state index is 0.132. The van der Waals surface area contributed by atoms with Gasteiger partial charge in [-0.1, -0.05) is 34.5 Å². The predicted molar refractivity (Wildman–Crippen MR) is 92.4 cm³/mol. The van der Waals surface area contributed by atoms with E-state index in [1.165, 1.54) is 0 Å². The zero-order valence-corrected chi connectivity index (χ0v) is 14.5. The Balaban J connectivity index is 2.30. The highest BCUT2D eigenvalue weighted by molar-refractivity contribution is 9.10. The Bertz CT molecular complexity index is 630. The van der Waals surface area contributed by atoms with Crippen LogP contribution in [0.4, 0.5) is 0 Å². The molecule has 1 atom stereocenters. The number of halogens is 2. The summed E-state index contributed by atoms with van der Waals surface area (Å²) in [6.07, 6.45) is 1.73. The van der Waals surface area contributed by atoms with Gasteiger partial charge in [0, 0.05) is 15.5 Å². The third-order valence-electron chi connectivity index (χ3n) is 3.39. The lowest BCUT2D eigenvalue weighted by Gasteiger charge is -2.16. The average molecular weight is 369 g/mol. The van der Waals surface area contributed by atoms with Crippen molar-refractivity contribution in [3.05, 3.63) is 57.0 Å². The van der Waals surface area contributed by atoms with Crippen molar-refractivity contribution in [1.29, 1.82) is 0 Å². The van der Waals surface area contributed by atoms with Gasteiger partial charge in [0.1, 0.15) is 11.5 Å². The molecule has 2 N–H and O–H groups in total. The fraction of sp³-hybridized carbons (Fsp3) is 0.294. The number of hydrogen-bond acceptors (Lipinski definition) is 2. The molecule has 1 unspecified atom stereocenters. The maximum atomic E-state index is 6.08. The lowest BCUT2D eigenvalue weighted by molar-refractivity contribution is 0.468. The molecule has 2 rings (SSSR count). The molecule has 4 heteroatoms. The Morgan fingerprint density at radius 1 is 1.19 bits per heavy atom. The van der Waals surface area contributed by atoms with Crippen molar-refractivity contribution in [1.82, 2.24) is 0 Å². The zero-order chi connectivity index (χ0) is 15.4. The van der Waals surface area contributed by atoms with Crippen LogP contribution in [0.25, 0.3) is 0 Å². The summed E-state index contributed by atoms with van der Waals surface area (Å²) in [6, 6.07) is 11.8. The predicted octanol–water partition coefficient (Wildman–Crippen LogP) is 5.48. The summed E-state index contributed by atoms with van der Waals surface area (Å²) in [4.78, 5) is 0. The minimum atomic E-state index is 0.132. The van der Waals surface area contributed by atoms with Crippen molar-refractivity contribution in [3.63, 3.8) is 0 Å². The van der Waals surface area contributed by atoms with Crippen LogP contribution < -0.4 is 10.5 Å². The second-order valence-corrected chi connectivity index (χ2v) is 6.49. The second-order valence-electron chi connectivity index (χ2n) is 5.14. The number of nitrogens with two attached hydrogens (primary N) is 1. The van der Waals surface area contributed by atoms with E-state index in [4.69, 9.17) is 22.1 Å². The van der Waals surface area contributed by atoms with E-state index in [2.05, 4.69) is 28.9 Å². The molecule has 0 aliphatic rings. The zero-order valence-electron chi connectivity index (χ0n) is 12.2. The van der Waals surface area contributed by atoms with Crippen molar-refractivity contribution in [2.24, 2.45) is 5.73 Å². The molecule has 0 spiro atoms. The Kier molecular flexibility index (Phi) is 5.68. The topological polar surface area (TPSA) is 35.2 Å². The van der Waals surface area contributed by atoms with E-state index in [0.29, 0.717) is 5.02 Å². The van der Waals surface area contributed by atoms with Crippen LogP contribution in [0.15, 0.2) is 40.9 Å². The summed E-state index contributed by atoms with van der Waals surface area (Å²) in [7, 11) is 0. The quantitative estimate of drug-likeness (QED) is 0.758. The standard InChI is InChI=1S/C17H19BrClNO/c1-3-15(20)10-12-9-13(18)4-6-17(12)21-16-7-5-14(19)8-11(16)2/h4-9,15H,3,10,20H2,1-2H3. The molecule has 0 radical (unpaired) electrons. The molecule has 0 amide bonds. The smallest absolute Gasteiger partial charge is 0.130 e. The van der Waals surface area contributed by atoms with Gasteiger partial charge in [-0.25, -0.2) is 0 Å². The molecular formula is C17H19BrClNO. The third-order valence-corrected chi connectivity index (χ3v) is 4.11. The summed E-state index contributed by atoms with van der Waals surface area (Å²) in [5.74, 6) is 1.65. The Hall–Kier alpha value is -1.03. The molecule has 0 heterocycles. The molecule has 0 fully saturated rings. The van der Waals surface area contributed by atoms with Crippen LogP contribution in [-0.4, -0.2) is 6.04 Å². The fourth-order valence-electron chi connectivity index (χ4n) is 2.08. The fourth-order valence-corrected chi connectivity index (χ4v) is 2.71. The van der Waals surface area contributed by atoms with Gasteiger partial charge in [0.25, 0.3) is 0 Å². The van der Waals surface area contributed by atoms with Crippen LogP contribution in [0.3, 0.4) is 0 Å². The Morgan fingerprint density at radius 3 is 2.57 bits per heavy atom. The summed E-state index contributed by atoms with van der Waals surface area (Å²) in [6.45, 7) is 4.07. The number of hydrogen-bond donors (Lipinski definition) is 1. The third kappa shape index (κ3) is 4.47. The molecule has 2 nitrogen and oxygen atoms in total. The second kappa shape index (κ2) is 7.30. The van der Waals surface area contributed by atoms with Gasteiger partial charge < -0.3 is 10.5 Å². The van der Waals surface area contributed by atoms with Crippen molar-refractivity contribution in [2.45, 2.75) is 32.7 Å². The van der Waals surface area contributed by atoms with E-state index in [-0.39, 0.29) is 6.04 Å².